The van der Waals surface area contributed by atoms with Crippen LogP contribution < -0.4 is 5.32 Å². The lowest BCUT2D eigenvalue weighted by atomic mass is 9.88. The highest BCUT2D eigenvalue weighted by Gasteiger charge is 2.28. The molecule has 3 aromatic heterocycles. The third-order valence-electron chi connectivity index (χ3n) is 6.91. The van der Waals surface area contributed by atoms with Gasteiger partial charge in [0.25, 0.3) is 0 Å². The number of nitrogens with zero attached hydrogens (tertiary/aromatic N) is 3. The van der Waals surface area contributed by atoms with Crippen molar-refractivity contribution in [3.63, 3.8) is 0 Å². The molecule has 7 nitrogen and oxygen atoms in total. The van der Waals surface area contributed by atoms with Crippen molar-refractivity contribution in [2.45, 2.75) is 77.4 Å². The van der Waals surface area contributed by atoms with Crippen LogP contribution in [0.2, 0.25) is 0 Å². The minimum atomic E-state index is -0.344. The standard InChI is InChI=1S/C26H32N4O3S3/c1-4-30-23(18-13-34-20-12-15(3)10-11-16(18)20)28-29-26(30)35-14-21(31)27-24-22(25(32)33-5-2)17-8-6-7-9-19(17)36-24/h13,15H,4-12,14H2,1-3H3,(H,27,31). The van der Waals surface area contributed by atoms with Crippen LogP contribution in [0.1, 0.15) is 71.3 Å². The lowest BCUT2D eigenvalue weighted by Gasteiger charge is -2.19. The minimum absolute atomic E-state index is 0.154. The third-order valence-corrected chi connectivity index (χ3v) is 10.1. The Bertz CT molecular complexity index is 1280. The monoisotopic (exact) mass is 544 g/mol. The molecule has 0 spiro atoms. The number of ether oxygens (including phenoxy) is 1. The van der Waals surface area contributed by atoms with Gasteiger partial charge in [-0.25, -0.2) is 4.79 Å². The molecule has 1 amide bonds. The van der Waals surface area contributed by atoms with Gasteiger partial charge in [0.15, 0.2) is 11.0 Å². The van der Waals surface area contributed by atoms with Gasteiger partial charge in [-0.15, -0.1) is 32.9 Å². The van der Waals surface area contributed by atoms with Crippen molar-refractivity contribution in [3.05, 3.63) is 31.8 Å². The number of carbonyl (C=O) groups is 2. The first-order chi connectivity index (χ1) is 17.5. The molecule has 0 radical (unpaired) electrons. The summed E-state index contributed by atoms with van der Waals surface area (Å²) in [5.41, 5.74) is 4.21. The van der Waals surface area contributed by atoms with Crippen molar-refractivity contribution in [3.8, 4) is 11.4 Å². The number of anilines is 1. The number of amides is 1. The van der Waals surface area contributed by atoms with E-state index >= 15 is 0 Å². The molecule has 1 atom stereocenters. The van der Waals surface area contributed by atoms with Crippen LogP contribution in [0.5, 0.6) is 0 Å². The van der Waals surface area contributed by atoms with E-state index in [9.17, 15) is 9.59 Å². The number of rotatable bonds is 8. The van der Waals surface area contributed by atoms with Crippen LogP contribution in [0.4, 0.5) is 5.00 Å². The Labute approximate surface area is 224 Å². The predicted octanol–water partition coefficient (Wildman–Crippen LogP) is 6.00. The Morgan fingerprint density at radius 1 is 1.17 bits per heavy atom. The fourth-order valence-electron chi connectivity index (χ4n) is 5.11. The van der Waals surface area contributed by atoms with E-state index in [1.54, 1.807) is 6.92 Å². The number of nitrogens with one attached hydrogen (secondary N) is 1. The number of thioether (sulfide) groups is 1. The Hall–Kier alpha value is -2.17. The van der Waals surface area contributed by atoms with Crippen molar-refractivity contribution < 1.29 is 14.3 Å². The van der Waals surface area contributed by atoms with Gasteiger partial charge in [-0.2, -0.15) is 0 Å². The van der Waals surface area contributed by atoms with E-state index in [1.165, 1.54) is 50.4 Å². The van der Waals surface area contributed by atoms with Crippen LogP contribution in [0.15, 0.2) is 10.5 Å². The molecule has 0 bridgehead atoms. The third kappa shape index (κ3) is 4.99. The maximum Gasteiger partial charge on any atom is 0.341 e. The summed E-state index contributed by atoms with van der Waals surface area (Å²) in [5, 5.41) is 15.5. The smallest absolute Gasteiger partial charge is 0.341 e. The molecule has 1 N–H and O–H groups in total. The Morgan fingerprint density at radius 2 is 2.00 bits per heavy atom. The fraction of sp³-hybridized carbons (Fsp3) is 0.538. The van der Waals surface area contributed by atoms with Crippen LogP contribution in [0.25, 0.3) is 11.4 Å². The van der Waals surface area contributed by atoms with Crippen molar-refractivity contribution >= 4 is 51.3 Å². The van der Waals surface area contributed by atoms with Crippen LogP contribution >= 0.6 is 34.4 Å². The summed E-state index contributed by atoms with van der Waals surface area (Å²) in [6.45, 7) is 7.25. The second-order valence-corrected chi connectivity index (χ2v) is 12.4. The normalized spacial score (nSPS) is 16.9. The largest absolute Gasteiger partial charge is 0.462 e. The van der Waals surface area contributed by atoms with E-state index in [4.69, 9.17) is 4.74 Å². The van der Waals surface area contributed by atoms with Crippen LogP contribution in [0, 0.1) is 5.92 Å². The second-order valence-electron chi connectivity index (χ2n) is 9.42. The molecule has 0 saturated carbocycles. The van der Waals surface area contributed by atoms with E-state index < -0.39 is 0 Å². The summed E-state index contributed by atoms with van der Waals surface area (Å²) in [6, 6.07) is 0. The number of hydrogen-bond acceptors (Lipinski definition) is 8. The first kappa shape index (κ1) is 25.5. The van der Waals surface area contributed by atoms with Gasteiger partial charge in [0.05, 0.1) is 17.9 Å². The zero-order valence-electron chi connectivity index (χ0n) is 21.0. The maximum absolute atomic E-state index is 13.0. The number of hydrogen-bond donors (Lipinski definition) is 1. The lowest BCUT2D eigenvalue weighted by molar-refractivity contribution is -0.113. The number of carbonyl (C=O) groups excluding carboxylic acids is 2. The molecule has 0 aromatic carbocycles. The van der Waals surface area contributed by atoms with Gasteiger partial charge in [-0.05, 0) is 75.8 Å². The summed E-state index contributed by atoms with van der Waals surface area (Å²) in [4.78, 5) is 28.3. The van der Waals surface area contributed by atoms with E-state index in [0.717, 1.165) is 67.5 Å². The summed E-state index contributed by atoms with van der Waals surface area (Å²) in [5.74, 6) is 1.32. The molecule has 5 rings (SSSR count). The number of thiophene rings is 2. The summed E-state index contributed by atoms with van der Waals surface area (Å²) in [6.07, 6.45) is 7.41. The molecule has 0 saturated heterocycles. The Balaban J connectivity index is 1.30. The molecular formula is C26H32N4O3S3. The molecule has 10 heteroatoms. The highest BCUT2D eigenvalue weighted by atomic mass is 32.2. The number of aromatic nitrogens is 3. The molecule has 2 aliphatic rings. The van der Waals surface area contributed by atoms with E-state index in [2.05, 4.69) is 39.3 Å². The molecule has 192 valence electrons. The first-order valence-electron chi connectivity index (χ1n) is 12.8. The van der Waals surface area contributed by atoms with Gasteiger partial charge in [0, 0.05) is 27.2 Å². The van der Waals surface area contributed by atoms with Crippen molar-refractivity contribution in [1.29, 1.82) is 0 Å². The SMILES string of the molecule is CCOC(=O)c1c(NC(=O)CSc2nnc(-c3csc4c3CCC(C)C4)n2CC)sc2c1CCCC2. The van der Waals surface area contributed by atoms with Gasteiger partial charge in [-0.1, -0.05) is 18.7 Å². The van der Waals surface area contributed by atoms with Gasteiger partial charge in [0.1, 0.15) is 5.00 Å². The van der Waals surface area contributed by atoms with Crippen LogP contribution in [0.3, 0.4) is 0 Å². The molecule has 36 heavy (non-hydrogen) atoms. The van der Waals surface area contributed by atoms with Gasteiger partial charge < -0.3 is 14.6 Å². The second kappa shape index (κ2) is 11.1. The number of aryl methyl sites for hydroxylation is 1. The summed E-state index contributed by atoms with van der Waals surface area (Å²) >= 11 is 4.73. The Morgan fingerprint density at radius 3 is 2.81 bits per heavy atom. The highest BCUT2D eigenvalue weighted by molar-refractivity contribution is 7.99. The zero-order valence-corrected chi connectivity index (χ0v) is 23.5. The van der Waals surface area contributed by atoms with Crippen molar-refractivity contribution in [2.24, 2.45) is 5.92 Å². The molecule has 1 unspecified atom stereocenters. The van der Waals surface area contributed by atoms with Crippen molar-refractivity contribution in [2.75, 3.05) is 17.7 Å². The van der Waals surface area contributed by atoms with E-state index in [-0.39, 0.29) is 17.6 Å². The molecule has 3 aromatic rings. The molecule has 0 aliphatic heterocycles. The maximum atomic E-state index is 13.0. The molecular weight excluding hydrogens is 513 g/mol. The average Bonchev–Trinajstić information content (AvgIpc) is 3.56. The topological polar surface area (TPSA) is 86.1 Å². The van der Waals surface area contributed by atoms with Gasteiger partial charge in [-0.3, -0.25) is 4.79 Å². The quantitative estimate of drug-likeness (QED) is 0.277. The molecule has 3 heterocycles. The first-order valence-corrected chi connectivity index (χ1v) is 15.4. The van der Waals surface area contributed by atoms with E-state index in [1.807, 2.05) is 11.3 Å². The summed E-state index contributed by atoms with van der Waals surface area (Å²) in [7, 11) is 0. The van der Waals surface area contributed by atoms with Gasteiger partial charge in [0.2, 0.25) is 5.91 Å². The highest BCUT2D eigenvalue weighted by Crippen LogP contribution is 2.40. The Kier molecular flexibility index (Phi) is 7.83. The van der Waals surface area contributed by atoms with Crippen molar-refractivity contribution in [1.82, 2.24) is 14.8 Å². The summed E-state index contributed by atoms with van der Waals surface area (Å²) < 4.78 is 7.41. The predicted molar refractivity (Wildman–Crippen MR) is 146 cm³/mol. The number of fused-ring (bicyclic) bond motifs is 2. The van der Waals surface area contributed by atoms with Crippen LogP contribution in [-0.4, -0.2) is 39.0 Å². The van der Waals surface area contributed by atoms with Crippen LogP contribution in [-0.2, 0) is 41.8 Å². The lowest BCUT2D eigenvalue weighted by Crippen LogP contribution is -2.17. The number of esters is 1. The fourth-order valence-corrected chi connectivity index (χ4v) is 8.45. The molecule has 2 aliphatic carbocycles. The van der Waals surface area contributed by atoms with Gasteiger partial charge >= 0.3 is 5.97 Å². The minimum Gasteiger partial charge on any atom is -0.462 e. The van der Waals surface area contributed by atoms with E-state index in [0.29, 0.717) is 17.2 Å². The average molecular weight is 545 g/mol. The zero-order chi connectivity index (χ0) is 25.2. The molecule has 0 fully saturated rings.